The molecule has 0 aromatic heterocycles. The summed E-state index contributed by atoms with van der Waals surface area (Å²) in [5.41, 5.74) is 1.47. The van der Waals surface area contributed by atoms with Gasteiger partial charge in [0, 0.05) is 43.9 Å². The molecule has 2 amide bonds. The summed E-state index contributed by atoms with van der Waals surface area (Å²) in [7, 11) is 0. The SMILES string of the molecule is C=CCNC(=O)c1cccc(C(=O)N2CCN(c3ccccc3F)CC2)c1. The van der Waals surface area contributed by atoms with Crippen LogP contribution in [0.4, 0.5) is 10.1 Å². The summed E-state index contributed by atoms with van der Waals surface area (Å²) in [6.45, 7) is 6.06. The van der Waals surface area contributed by atoms with Gasteiger partial charge < -0.3 is 15.1 Å². The molecule has 1 heterocycles. The molecule has 5 nitrogen and oxygen atoms in total. The molecule has 0 spiro atoms. The van der Waals surface area contributed by atoms with Gasteiger partial charge >= 0.3 is 0 Å². The first-order chi connectivity index (χ1) is 13.1. The van der Waals surface area contributed by atoms with E-state index >= 15 is 0 Å². The van der Waals surface area contributed by atoms with Gasteiger partial charge in [0.25, 0.3) is 11.8 Å². The molecular formula is C21H22FN3O2. The van der Waals surface area contributed by atoms with Crippen LogP contribution in [-0.4, -0.2) is 49.4 Å². The van der Waals surface area contributed by atoms with Crippen molar-refractivity contribution >= 4 is 17.5 Å². The number of hydrogen-bond acceptors (Lipinski definition) is 3. The number of piperazine rings is 1. The van der Waals surface area contributed by atoms with Crippen molar-refractivity contribution in [1.82, 2.24) is 10.2 Å². The highest BCUT2D eigenvalue weighted by molar-refractivity contribution is 5.99. The lowest BCUT2D eigenvalue weighted by Crippen LogP contribution is -2.49. The van der Waals surface area contributed by atoms with E-state index in [0.717, 1.165) is 0 Å². The molecule has 1 fully saturated rings. The maximum atomic E-state index is 13.9. The van der Waals surface area contributed by atoms with Crippen LogP contribution in [0.5, 0.6) is 0 Å². The molecule has 0 bridgehead atoms. The summed E-state index contributed by atoms with van der Waals surface area (Å²) < 4.78 is 13.9. The Morgan fingerprint density at radius 3 is 2.44 bits per heavy atom. The zero-order valence-corrected chi connectivity index (χ0v) is 15.0. The Kier molecular flexibility index (Phi) is 5.86. The standard InChI is InChI=1S/C21H22FN3O2/c1-2-10-23-20(26)16-6-5-7-17(15-16)21(27)25-13-11-24(12-14-25)19-9-4-3-8-18(19)22/h2-9,15H,1,10-14H2,(H,23,26). The van der Waals surface area contributed by atoms with Gasteiger partial charge in [0.05, 0.1) is 5.69 Å². The minimum Gasteiger partial charge on any atom is -0.366 e. The number of carbonyl (C=O) groups excluding carboxylic acids is 2. The van der Waals surface area contributed by atoms with E-state index in [1.54, 1.807) is 53.4 Å². The van der Waals surface area contributed by atoms with E-state index in [0.29, 0.717) is 49.5 Å². The summed E-state index contributed by atoms with van der Waals surface area (Å²) in [4.78, 5) is 28.5. The van der Waals surface area contributed by atoms with Crippen LogP contribution < -0.4 is 10.2 Å². The molecule has 27 heavy (non-hydrogen) atoms. The summed E-state index contributed by atoms with van der Waals surface area (Å²) >= 11 is 0. The fourth-order valence-corrected chi connectivity index (χ4v) is 3.10. The van der Waals surface area contributed by atoms with Gasteiger partial charge in [0.2, 0.25) is 0 Å². The monoisotopic (exact) mass is 367 g/mol. The molecule has 2 aromatic rings. The number of carbonyl (C=O) groups is 2. The third-order valence-corrected chi connectivity index (χ3v) is 4.54. The summed E-state index contributed by atoms with van der Waals surface area (Å²) in [6.07, 6.45) is 1.60. The lowest BCUT2D eigenvalue weighted by molar-refractivity contribution is 0.0746. The third-order valence-electron chi connectivity index (χ3n) is 4.54. The highest BCUT2D eigenvalue weighted by Gasteiger charge is 2.24. The number of amides is 2. The van der Waals surface area contributed by atoms with Crippen molar-refractivity contribution in [3.05, 3.63) is 78.1 Å². The molecule has 2 aromatic carbocycles. The first-order valence-corrected chi connectivity index (χ1v) is 8.88. The molecule has 0 unspecified atom stereocenters. The van der Waals surface area contributed by atoms with Crippen LogP contribution in [0.2, 0.25) is 0 Å². The van der Waals surface area contributed by atoms with Crippen molar-refractivity contribution in [3.63, 3.8) is 0 Å². The van der Waals surface area contributed by atoms with E-state index in [9.17, 15) is 14.0 Å². The number of nitrogens with one attached hydrogen (secondary N) is 1. The highest BCUT2D eigenvalue weighted by atomic mass is 19.1. The second kappa shape index (κ2) is 8.49. The predicted octanol–water partition coefficient (Wildman–Crippen LogP) is 2.70. The molecule has 0 aliphatic carbocycles. The number of para-hydroxylation sites is 1. The first kappa shape index (κ1) is 18.6. The van der Waals surface area contributed by atoms with E-state index in [1.807, 2.05) is 4.90 Å². The Labute approximate surface area is 158 Å². The molecule has 140 valence electrons. The normalized spacial score (nSPS) is 14.0. The summed E-state index contributed by atoms with van der Waals surface area (Å²) in [5.74, 6) is -0.619. The average Bonchev–Trinajstić information content (AvgIpc) is 2.72. The minimum absolute atomic E-state index is 0.124. The van der Waals surface area contributed by atoms with Crippen molar-refractivity contribution in [3.8, 4) is 0 Å². The summed E-state index contributed by atoms with van der Waals surface area (Å²) in [6, 6.07) is 13.3. The largest absolute Gasteiger partial charge is 0.366 e. The van der Waals surface area contributed by atoms with Gasteiger partial charge in [-0.2, -0.15) is 0 Å². The number of nitrogens with zero attached hydrogens (tertiary/aromatic N) is 2. The number of halogens is 1. The molecule has 1 N–H and O–H groups in total. The van der Waals surface area contributed by atoms with Crippen molar-refractivity contribution in [2.45, 2.75) is 0 Å². The first-order valence-electron chi connectivity index (χ1n) is 8.88. The van der Waals surface area contributed by atoms with Crippen LogP contribution in [0.1, 0.15) is 20.7 Å². The molecule has 3 rings (SSSR count). The zero-order chi connectivity index (χ0) is 19.2. The van der Waals surface area contributed by atoms with E-state index in [2.05, 4.69) is 11.9 Å². The van der Waals surface area contributed by atoms with Crippen molar-refractivity contribution in [1.29, 1.82) is 0 Å². The Bertz CT molecular complexity index is 845. The van der Waals surface area contributed by atoms with Gasteiger partial charge in [-0.1, -0.05) is 24.3 Å². The van der Waals surface area contributed by atoms with Crippen LogP contribution in [0, 0.1) is 5.82 Å². The van der Waals surface area contributed by atoms with Gasteiger partial charge in [-0.15, -0.1) is 6.58 Å². The molecule has 6 heteroatoms. The Morgan fingerprint density at radius 1 is 1.04 bits per heavy atom. The minimum atomic E-state index is -0.254. The molecule has 1 aliphatic rings. The van der Waals surface area contributed by atoms with Crippen molar-refractivity contribution in [2.75, 3.05) is 37.6 Å². The van der Waals surface area contributed by atoms with E-state index in [-0.39, 0.29) is 17.6 Å². The number of hydrogen-bond donors (Lipinski definition) is 1. The van der Waals surface area contributed by atoms with Crippen LogP contribution in [0.25, 0.3) is 0 Å². The van der Waals surface area contributed by atoms with Gasteiger partial charge in [-0.3, -0.25) is 9.59 Å². The molecule has 1 aliphatic heterocycles. The smallest absolute Gasteiger partial charge is 0.253 e. The van der Waals surface area contributed by atoms with E-state index < -0.39 is 0 Å². The number of rotatable bonds is 5. The number of anilines is 1. The highest BCUT2D eigenvalue weighted by Crippen LogP contribution is 2.21. The van der Waals surface area contributed by atoms with Crippen LogP contribution in [0.3, 0.4) is 0 Å². The maximum absolute atomic E-state index is 13.9. The van der Waals surface area contributed by atoms with Gasteiger partial charge in [0.1, 0.15) is 5.82 Å². The Morgan fingerprint density at radius 2 is 1.74 bits per heavy atom. The zero-order valence-electron chi connectivity index (χ0n) is 15.0. The van der Waals surface area contributed by atoms with E-state index in [1.165, 1.54) is 6.07 Å². The Hall–Kier alpha value is -3.15. The second-order valence-electron chi connectivity index (χ2n) is 6.31. The van der Waals surface area contributed by atoms with Gasteiger partial charge in [0.15, 0.2) is 0 Å². The van der Waals surface area contributed by atoms with E-state index in [4.69, 9.17) is 0 Å². The van der Waals surface area contributed by atoms with Crippen LogP contribution >= 0.6 is 0 Å². The lowest BCUT2D eigenvalue weighted by atomic mass is 10.1. The molecule has 0 radical (unpaired) electrons. The fourth-order valence-electron chi connectivity index (χ4n) is 3.10. The van der Waals surface area contributed by atoms with Crippen LogP contribution in [-0.2, 0) is 0 Å². The molecule has 0 saturated carbocycles. The molecule has 0 atom stereocenters. The van der Waals surface area contributed by atoms with Gasteiger partial charge in [-0.25, -0.2) is 4.39 Å². The van der Waals surface area contributed by atoms with Crippen molar-refractivity contribution in [2.24, 2.45) is 0 Å². The maximum Gasteiger partial charge on any atom is 0.253 e. The quantitative estimate of drug-likeness (QED) is 0.827. The second-order valence-corrected chi connectivity index (χ2v) is 6.31. The summed E-state index contributed by atoms with van der Waals surface area (Å²) in [5, 5.41) is 2.70. The number of benzene rings is 2. The third kappa shape index (κ3) is 4.34. The fraction of sp³-hybridized carbons (Fsp3) is 0.238. The predicted molar refractivity (Wildman–Crippen MR) is 103 cm³/mol. The van der Waals surface area contributed by atoms with Crippen LogP contribution in [0.15, 0.2) is 61.2 Å². The Balaban J connectivity index is 1.65. The molecule has 1 saturated heterocycles. The topological polar surface area (TPSA) is 52.7 Å². The van der Waals surface area contributed by atoms with Gasteiger partial charge in [-0.05, 0) is 30.3 Å². The van der Waals surface area contributed by atoms with Crippen molar-refractivity contribution < 1.29 is 14.0 Å². The lowest BCUT2D eigenvalue weighted by Gasteiger charge is -2.36. The molecular weight excluding hydrogens is 345 g/mol. The average molecular weight is 367 g/mol.